The normalized spacial score (nSPS) is 14.3. The molecule has 230 valence electrons. The molecule has 1 amide bonds. The summed E-state index contributed by atoms with van der Waals surface area (Å²) in [7, 11) is 0. The van der Waals surface area contributed by atoms with Crippen LogP contribution in [-0.2, 0) is 16.1 Å². The molecule has 3 aromatic rings. The van der Waals surface area contributed by atoms with Crippen LogP contribution in [0.1, 0.15) is 62.3 Å². The fraction of sp³-hybridized carbons (Fsp3) is 0.469. The summed E-state index contributed by atoms with van der Waals surface area (Å²) < 4.78 is 5.18. The number of aromatic nitrogens is 3. The van der Waals surface area contributed by atoms with E-state index in [1.165, 1.54) is 6.33 Å². The van der Waals surface area contributed by atoms with Gasteiger partial charge in [-0.3, -0.25) is 0 Å². The smallest absolute Gasteiger partial charge is 0.408 e. The van der Waals surface area contributed by atoms with Gasteiger partial charge in [-0.25, -0.2) is 24.5 Å². The van der Waals surface area contributed by atoms with E-state index in [-0.39, 0.29) is 13.2 Å². The summed E-state index contributed by atoms with van der Waals surface area (Å²) in [6.07, 6.45) is 4.88. The maximum atomic E-state index is 12.2. The molecular formula is C32H43N7O4. The van der Waals surface area contributed by atoms with Crippen LogP contribution in [0.4, 0.5) is 22.2 Å². The third kappa shape index (κ3) is 9.04. The summed E-state index contributed by atoms with van der Waals surface area (Å²) in [5, 5.41) is 18.7. The highest BCUT2D eigenvalue weighted by Gasteiger charge is 2.25. The number of anilines is 3. The minimum Gasteiger partial charge on any atom is -0.480 e. The van der Waals surface area contributed by atoms with E-state index in [1.807, 2.05) is 43.3 Å². The summed E-state index contributed by atoms with van der Waals surface area (Å²) in [6, 6.07) is 14.2. The second-order valence-electron chi connectivity index (χ2n) is 10.9. The highest BCUT2D eigenvalue weighted by atomic mass is 16.5. The molecule has 0 aliphatic carbocycles. The average Bonchev–Trinajstić information content (AvgIpc) is 3.04. The van der Waals surface area contributed by atoms with E-state index in [2.05, 4.69) is 56.8 Å². The molecule has 1 aliphatic heterocycles. The number of carbonyl (C=O) groups is 2. The molecule has 3 heterocycles. The van der Waals surface area contributed by atoms with E-state index >= 15 is 0 Å². The highest BCUT2D eigenvalue weighted by molar-refractivity contribution is 5.80. The number of benzene rings is 1. The summed E-state index contributed by atoms with van der Waals surface area (Å²) >= 11 is 0. The lowest BCUT2D eigenvalue weighted by Gasteiger charge is -2.33. The van der Waals surface area contributed by atoms with E-state index in [9.17, 15) is 14.7 Å². The average molecular weight is 590 g/mol. The van der Waals surface area contributed by atoms with Gasteiger partial charge in [0.2, 0.25) is 0 Å². The first-order valence-corrected chi connectivity index (χ1v) is 15.1. The largest absolute Gasteiger partial charge is 0.480 e. The van der Waals surface area contributed by atoms with Crippen LogP contribution in [0.2, 0.25) is 0 Å². The third-order valence-electron chi connectivity index (χ3n) is 8.04. The number of carboxylic acids is 1. The fourth-order valence-corrected chi connectivity index (χ4v) is 5.23. The molecule has 4 rings (SSSR count). The maximum Gasteiger partial charge on any atom is 0.408 e. The van der Waals surface area contributed by atoms with Crippen molar-refractivity contribution in [1.29, 1.82) is 0 Å². The lowest BCUT2D eigenvalue weighted by atomic mass is 9.93. The van der Waals surface area contributed by atoms with Crippen LogP contribution in [0.3, 0.4) is 0 Å². The minimum atomic E-state index is -1.20. The highest BCUT2D eigenvalue weighted by Crippen LogP contribution is 2.31. The van der Waals surface area contributed by atoms with E-state index in [0.717, 1.165) is 73.8 Å². The summed E-state index contributed by atoms with van der Waals surface area (Å²) in [6.45, 7) is 8.93. The molecule has 11 nitrogen and oxygen atoms in total. The van der Waals surface area contributed by atoms with Crippen molar-refractivity contribution in [3.63, 3.8) is 0 Å². The molecule has 1 aliphatic rings. The molecule has 0 saturated carbocycles. The van der Waals surface area contributed by atoms with Crippen molar-refractivity contribution in [2.75, 3.05) is 41.7 Å². The van der Waals surface area contributed by atoms with E-state index in [4.69, 9.17) is 9.72 Å². The summed E-state index contributed by atoms with van der Waals surface area (Å²) in [5.41, 5.74) is 2.75. The topological polar surface area (TPSA) is 142 Å². The van der Waals surface area contributed by atoms with Gasteiger partial charge in [0, 0.05) is 43.4 Å². The van der Waals surface area contributed by atoms with Crippen LogP contribution in [0.5, 0.6) is 0 Å². The minimum absolute atomic E-state index is 0.0498. The Balaban J connectivity index is 1.30. The van der Waals surface area contributed by atoms with Crippen molar-refractivity contribution in [2.45, 2.75) is 65.0 Å². The lowest BCUT2D eigenvalue weighted by Crippen LogP contribution is -2.45. The van der Waals surface area contributed by atoms with Crippen LogP contribution < -0.4 is 20.9 Å². The number of nitrogens with one attached hydrogen (secondary N) is 3. The molecule has 4 N–H and O–H groups in total. The fourth-order valence-electron chi connectivity index (χ4n) is 5.23. The number of aliphatic carboxylic acids is 1. The van der Waals surface area contributed by atoms with Crippen LogP contribution >= 0.6 is 0 Å². The number of hydrogen-bond acceptors (Lipinski definition) is 9. The van der Waals surface area contributed by atoms with Crippen LogP contribution in [0.25, 0.3) is 0 Å². The predicted molar refractivity (Wildman–Crippen MR) is 167 cm³/mol. The van der Waals surface area contributed by atoms with Gasteiger partial charge in [-0.2, -0.15) is 0 Å². The molecule has 11 heteroatoms. The lowest BCUT2D eigenvalue weighted by molar-refractivity contribution is -0.139. The van der Waals surface area contributed by atoms with E-state index in [0.29, 0.717) is 17.7 Å². The van der Waals surface area contributed by atoms with Gasteiger partial charge in [0.1, 0.15) is 36.4 Å². The molecule has 0 spiro atoms. The molecule has 43 heavy (non-hydrogen) atoms. The number of nitrogens with zero attached hydrogens (tertiary/aromatic N) is 4. The van der Waals surface area contributed by atoms with Crippen molar-refractivity contribution in [3.8, 4) is 0 Å². The molecule has 2 aromatic heterocycles. The summed E-state index contributed by atoms with van der Waals surface area (Å²) in [4.78, 5) is 40.1. The molecule has 0 unspecified atom stereocenters. The standard InChI is InChI=1S/C32H43N7O4/c1-4-23(5-2)18-33-28-13-9-12-26(37-28)25-14-16-39(17-15-25)30-22(3)29(35-21-36-30)34-19-27(31(40)41)38-32(42)43-20-24-10-7-6-8-11-24/h6-13,21,23,25,27H,4-5,14-20H2,1-3H3,(H,33,37)(H,38,42)(H,40,41)(H,34,35,36)/t27-/m0/s1. The zero-order valence-corrected chi connectivity index (χ0v) is 25.3. The van der Waals surface area contributed by atoms with Crippen molar-refractivity contribution < 1.29 is 19.4 Å². The number of hydrogen-bond donors (Lipinski definition) is 4. The molecule has 0 radical (unpaired) electrons. The molecule has 1 atom stereocenters. The van der Waals surface area contributed by atoms with Crippen molar-refractivity contribution >= 4 is 29.5 Å². The monoisotopic (exact) mass is 589 g/mol. The first kappa shape index (κ1) is 31.5. The Morgan fingerprint density at radius 1 is 1.00 bits per heavy atom. The van der Waals surface area contributed by atoms with Gasteiger partial charge >= 0.3 is 12.1 Å². The number of piperidine rings is 1. The van der Waals surface area contributed by atoms with Gasteiger partial charge in [0.05, 0.1) is 0 Å². The van der Waals surface area contributed by atoms with E-state index in [1.54, 1.807) is 0 Å². The predicted octanol–water partition coefficient (Wildman–Crippen LogP) is 5.20. The molecule has 1 aromatic carbocycles. The Morgan fingerprint density at radius 2 is 1.74 bits per heavy atom. The molecule has 0 bridgehead atoms. The molecular weight excluding hydrogens is 546 g/mol. The number of carboxylic acid groups (broad SMARTS) is 1. The van der Waals surface area contributed by atoms with Gasteiger partial charge in [-0.05, 0) is 43.4 Å². The Morgan fingerprint density at radius 3 is 2.44 bits per heavy atom. The van der Waals surface area contributed by atoms with Crippen molar-refractivity contribution in [2.24, 2.45) is 5.92 Å². The zero-order valence-electron chi connectivity index (χ0n) is 25.3. The Labute approximate surface area is 253 Å². The van der Waals surface area contributed by atoms with Crippen LogP contribution in [0.15, 0.2) is 54.9 Å². The quantitative estimate of drug-likeness (QED) is 0.198. The van der Waals surface area contributed by atoms with Crippen LogP contribution in [-0.4, -0.2) is 64.3 Å². The Kier molecular flexibility index (Phi) is 11.5. The zero-order chi connectivity index (χ0) is 30.6. The Hall–Kier alpha value is -4.41. The second kappa shape index (κ2) is 15.7. The van der Waals surface area contributed by atoms with E-state index < -0.39 is 18.1 Å². The van der Waals surface area contributed by atoms with Gasteiger partial charge in [-0.1, -0.05) is 63.1 Å². The second-order valence-corrected chi connectivity index (χ2v) is 10.9. The number of amides is 1. The first-order valence-electron chi connectivity index (χ1n) is 15.1. The number of alkyl carbamates (subject to hydrolysis) is 1. The van der Waals surface area contributed by atoms with Crippen molar-refractivity contribution in [3.05, 3.63) is 71.7 Å². The number of rotatable bonds is 14. The summed E-state index contributed by atoms with van der Waals surface area (Å²) in [5.74, 6) is 2.11. The Bertz CT molecular complexity index is 1330. The molecule has 1 saturated heterocycles. The maximum absolute atomic E-state index is 12.2. The first-order chi connectivity index (χ1) is 20.9. The molecule has 1 fully saturated rings. The van der Waals surface area contributed by atoms with Crippen LogP contribution in [0, 0.1) is 12.8 Å². The van der Waals surface area contributed by atoms with Gasteiger partial charge in [0.25, 0.3) is 0 Å². The SMILES string of the molecule is CCC(CC)CNc1cccc(C2CCN(c3ncnc(NC[C@H](NC(=O)OCc4ccccc4)C(=O)O)c3C)CC2)n1. The number of carbonyl (C=O) groups excluding carboxylic acids is 1. The number of pyridine rings is 1. The van der Waals surface area contributed by atoms with Gasteiger partial charge in [-0.15, -0.1) is 0 Å². The van der Waals surface area contributed by atoms with Crippen molar-refractivity contribution in [1.82, 2.24) is 20.3 Å². The van der Waals surface area contributed by atoms with Gasteiger partial charge < -0.3 is 30.7 Å². The van der Waals surface area contributed by atoms with Gasteiger partial charge in [0.15, 0.2) is 0 Å². The number of ether oxygens (including phenoxy) is 1. The third-order valence-corrected chi connectivity index (χ3v) is 8.04.